The molecule has 1 aliphatic carbocycles. The van der Waals surface area contributed by atoms with Gasteiger partial charge >= 0.3 is 0 Å². The van der Waals surface area contributed by atoms with E-state index in [1.54, 1.807) is 0 Å². The minimum absolute atomic E-state index is 0.301. The predicted octanol–water partition coefficient (Wildman–Crippen LogP) is 0.481. The lowest BCUT2D eigenvalue weighted by Crippen LogP contribution is -2.38. The van der Waals surface area contributed by atoms with E-state index in [0.717, 1.165) is 19.5 Å². The van der Waals surface area contributed by atoms with E-state index >= 15 is 0 Å². The molecule has 0 atom stereocenters. The second-order valence-corrected chi connectivity index (χ2v) is 3.09. The molecule has 0 unspecified atom stereocenters. The number of nitrogens with one attached hydrogen (secondary N) is 1. The van der Waals surface area contributed by atoms with Gasteiger partial charge in [-0.1, -0.05) is 0 Å². The van der Waals surface area contributed by atoms with Gasteiger partial charge in [-0.15, -0.1) is 11.8 Å². The molecule has 0 amide bonds. The van der Waals surface area contributed by atoms with E-state index in [4.69, 9.17) is 5.73 Å². The van der Waals surface area contributed by atoms with E-state index < -0.39 is 0 Å². The highest BCUT2D eigenvalue weighted by molar-refractivity contribution is 5.04. The van der Waals surface area contributed by atoms with Gasteiger partial charge < -0.3 is 11.1 Å². The van der Waals surface area contributed by atoms with Gasteiger partial charge in [-0.2, -0.15) is 0 Å². The van der Waals surface area contributed by atoms with Gasteiger partial charge in [0.1, 0.15) is 0 Å². The average Bonchev–Trinajstić information content (AvgIpc) is 2.80. The number of hydrogen-bond acceptors (Lipinski definition) is 2. The van der Waals surface area contributed by atoms with Gasteiger partial charge in [0.15, 0.2) is 0 Å². The second kappa shape index (κ2) is 3.75. The van der Waals surface area contributed by atoms with E-state index in [1.165, 1.54) is 12.8 Å². The zero-order valence-electron chi connectivity index (χ0n) is 7.11. The van der Waals surface area contributed by atoms with Crippen LogP contribution in [0.5, 0.6) is 0 Å². The molecule has 0 radical (unpaired) electrons. The molecular weight excluding hydrogens is 136 g/mol. The normalized spacial score (nSPS) is 18.7. The Hall–Kier alpha value is -0.520. The molecule has 0 aromatic heterocycles. The van der Waals surface area contributed by atoms with Gasteiger partial charge in [0.05, 0.1) is 0 Å². The monoisotopic (exact) mass is 152 g/mol. The molecule has 3 N–H and O–H groups in total. The van der Waals surface area contributed by atoms with Crippen molar-refractivity contribution >= 4 is 0 Å². The fraction of sp³-hybridized carbons (Fsp3) is 0.778. The van der Waals surface area contributed by atoms with Crippen molar-refractivity contribution in [1.29, 1.82) is 0 Å². The third-order valence-corrected chi connectivity index (χ3v) is 2.17. The number of hydrogen-bond donors (Lipinski definition) is 2. The van der Waals surface area contributed by atoms with Gasteiger partial charge in [0.2, 0.25) is 0 Å². The van der Waals surface area contributed by atoms with Crippen LogP contribution in [0.25, 0.3) is 0 Å². The Bertz CT molecular complexity index is 172. The SMILES string of the molecule is CC#CCCNC1(CN)CC1. The molecule has 0 aliphatic heterocycles. The average molecular weight is 152 g/mol. The minimum atomic E-state index is 0.301. The fourth-order valence-corrected chi connectivity index (χ4v) is 1.12. The van der Waals surface area contributed by atoms with E-state index in [1.807, 2.05) is 6.92 Å². The largest absolute Gasteiger partial charge is 0.329 e. The maximum absolute atomic E-state index is 5.58. The molecule has 0 bridgehead atoms. The highest BCUT2D eigenvalue weighted by Crippen LogP contribution is 2.33. The third-order valence-electron chi connectivity index (χ3n) is 2.17. The third kappa shape index (κ3) is 2.53. The molecular formula is C9H16N2. The Balaban J connectivity index is 2.06. The summed E-state index contributed by atoms with van der Waals surface area (Å²) in [5.74, 6) is 5.89. The van der Waals surface area contributed by atoms with Crippen molar-refractivity contribution in [3.05, 3.63) is 0 Å². The van der Waals surface area contributed by atoms with E-state index in [9.17, 15) is 0 Å². The van der Waals surface area contributed by atoms with Crippen molar-refractivity contribution in [1.82, 2.24) is 5.32 Å². The van der Waals surface area contributed by atoms with Gasteiger partial charge in [0, 0.05) is 25.0 Å². The molecule has 2 heteroatoms. The Kier molecular flexibility index (Phi) is 2.92. The van der Waals surface area contributed by atoms with Crippen LogP contribution in [-0.2, 0) is 0 Å². The minimum Gasteiger partial charge on any atom is -0.329 e. The molecule has 1 aliphatic rings. The summed E-state index contributed by atoms with van der Waals surface area (Å²) < 4.78 is 0. The van der Waals surface area contributed by atoms with Crippen LogP contribution in [0.15, 0.2) is 0 Å². The zero-order valence-corrected chi connectivity index (χ0v) is 7.11. The van der Waals surface area contributed by atoms with Gasteiger partial charge in [-0.3, -0.25) is 0 Å². The van der Waals surface area contributed by atoms with Crippen LogP contribution in [0, 0.1) is 11.8 Å². The molecule has 2 nitrogen and oxygen atoms in total. The van der Waals surface area contributed by atoms with Crippen LogP contribution in [-0.4, -0.2) is 18.6 Å². The van der Waals surface area contributed by atoms with Crippen molar-refractivity contribution in [3.63, 3.8) is 0 Å². The van der Waals surface area contributed by atoms with Crippen LogP contribution in [0.2, 0.25) is 0 Å². The highest BCUT2D eigenvalue weighted by atomic mass is 15.0. The van der Waals surface area contributed by atoms with E-state index in [0.29, 0.717) is 5.54 Å². The van der Waals surface area contributed by atoms with Crippen LogP contribution < -0.4 is 11.1 Å². The summed E-state index contributed by atoms with van der Waals surface area (Å²) >= 11 is 0. The summed E-state index contributed by atoms with van der Waals surface area (Å²) in [6.45, 7) is 3.63. The maximum Gasteiger partial charge on any atom is 0.0305 e. The summed E-state index contributed by atoms with van der Waals surface area (Å²) in [6, 6.07) is 0. The van der Waals surface area contributed by atoms with Crippen molar-refractivity contribution in [2.24, 2.45) is 5.73 Å². The quantitative estimate of drug-likeness (QED) is 0.454. The molecule has 0 saturated heterocycles. The molecule has 0 heterocycles. The second-order valence-electron chi connectivity index (χ2n) is 3.09. The summed E-state index contributed by atoms with van der Waals surface area (Å²) in [6.07, 6.45) is 3.42. The Morgan fingerprint density at radius 2 is 2.27 bits per heavy atom. The predicted molar refractivity (Wildman–Crippen MR) is 47.1 cm³/mol. The highest BCUT2D eigenvalue weighted by Gasteiger charge is 2.40. The summed E-state index contributed by atoms with van der Waals surface area (Å²) in [5.41, 5.74) is 5.89. The van der Waals surface area contributed by atoms with Gasteiger partial charge in [-0.25, -0.2) is 0 Å². The lowest BCUT2D eigenvalue weighted by Gasteiger charge is -2.12. The van der Waals surface area contributed by atoms with Crippen molar-refractivity contribution in [3.8, 4) is 11.8 Å². The molecule has 11 heavy (non-hydrogen) atoms. The van der Waals surface area contributed by atoms with E-state index in [2.05, 4.69) is 17.2 Å². The molecule has 62 valence electrons. The Morgan fingerprint density at radius 1 is 1.55 bits per heavy atom. The van der Waals surface area contributed by atoms with Crippen molar-refractivity contribution in [2.75, 3.05) is 13.1 Å². The maximum atomic E-state index is 5.58. The summed E-state index contributed by atoms with van der Waals surface area (Å²) in [7, 11) is 0. The Labute approximate surface area is 68.5 Å². The molecule has 0 aromatic carbocycles. The van der Waals surface area contributed by atoms with Crippen LogP contribution in [0.1, 0.15) is 26.2 Å². The van der Waals surface area contributed by atoms with Gasteiger partial charge in [-0.05, 0) is 19.8 Å². The van der Waals surface area contributed by atoms with Crippen molar-refractivity contribution < 1.29 is 0 Å². The first-order valence-electron chi connectivity index (χ1n) is 4.18. The van der Waals surface area contributed by atoms with Crippen LogP contribution in [0.4, 0.5) is 0 Å². The molecule has 0 aromatic rings. The molecule has 1 fully saturated rings. The number of rotatable bonds is 4. The summed E-state index contributed by atoms with van der Waals surface area (Å²) in [4.78, 5) is 0. The standard InChI is InChI=1S/C9H16N2/c1-2-3-4-7-11-9(8-10)5-6-9/h11H,4-8,10H2,1H3. The smallest absolute Gasteiger partial charge is 0.0305 e. The van der Waals surface area contributed by atoms with Gasteiger partial charge in [0.25, 0.3) is 0 Å². The Morgan fingerprint density at radius 3 is 2.73 bits per heavy atom. The molecule has 1 saturated carbocycles. The number of nitrogens with two attached hydrogens (primary N) is 1. The topological polar surface area (TPSA) is 38.0 Å². The summed E-state index contributed by atoms with van der Waals surface area (Å²) in [5, 5.41) is 3.43. The fourth-order valence-electron chi connectivity index (χ4n) is 1.12. The lowest BCUT2D eigenvalue weighted by molar-refractivity contribution is 0.514. The van der Waals surface area contributed by atoms with Crippen LogP contribution >= 0.6 is 0 Å². The first kappa shape index (κ1) is 8.58. The molecule has 1 rings (SSSR count). The zero-order chi connectivity index (χ0) is 8.16. The van der Waals surface area contributed by atoms with Crippen molar-refractivity contribution in [2.45, 2.75) is 31.7 Å². The van der Waals surface area contributed by atoms with Crippen LogP contribution in [0.3, 0.4) is 0 Å². The lowest BCUT2D eigenvalue weighted by atomic mass is 10.2. The first-order chi connectivity index (χ1) is 5.33. The first-order valence-corrected chi connectivity index (χ1v) is 4.18. The molecule has 0 spiro atoms. The van der Waals surface area contributed by atoms with E-state index in [-0.39, 0.29) is 0 Å².